The van der Waals surface area contributed by atoms with E-state index in [9.17, 15) is 0 Å². The van der Waals surface area contributed by atoms with Gasteiger partial charge in [-0.05, 0) is 140 Å². The predicted octanol–water partition coefficient (Wildman–Crippen LogP) is 24.7. The first kappa shape index (κ1) is 64.2. The lowest BCUT2D eigenvalue weighted by Gasteiger charge is -2.18. The van der Waals surface area contributed by atoms with Crippen molar-refractivity contribution in [1.82, 2.24) is 44.9 Å². The molecule has 0 amide bonds. The normalized spacial score (nSPS) is 11.3. The first-order valence-electron chi connectivity index (χ1n) is 36.1. The highest BCUT2D eigenvalue weighted by Crippen LogP contribution is 2.44. The zero-order valence-electron chi connectivity index (χ0n) is 58.4. The molecule has 0 spiro atoms. The van der Waals surface area contributed by atoms with Crippen LogP contribution in [0.2, 0.25) is 0 Å². The predicted molar refractivity (Wildman–Crippen MR) is 441 cm³/mol. The summed E-state index contributed by atoms with van der Waals surface area (Å²) < 4.78 is 0. The summed E-state index contributed by atoms with van der Waals surface area (Å²) in [7, 11) is 0. The summed E-state index contributed by atoms with van der Waals surface area (Å²) in [6.45, 7) is 0. The molecule has 0 atom stereocenters. The molecule has 108 heavy (non-hydrogen) atoms. The Balaban J connectivity index is 0.657. The average molecular weight is 1380 g/mol. The van der Waals surface area contributed by atoms with E-state index >= 15 is 0 Å². The summed E-state index contributed by atoms with van der Waals surface area (Å²) in [5, 5.41) is 3.03. The lowest BCUT2D eigenvalue weighted by molar-refractivity contribution is 1.21. The molecule has 0 fully saturated rings. The SMILES string of the molecule is c1ccc(-c2nc(-c3ccc(-c4ccc(-c5ccccc5-c5cc(-c6ccccc6-c6ccc(-c7ccc(-c8nc(-c9ccccc9)c9ccccc9n8)cn7)cc6)cc(-c6ccccc6-c6ccc(-c7ccc(-c8nc(-c9ccccc9)c9ccccc9n8)cn7)cc6)c5)cc4)nc3)nc3ccccc23)cc1. The number of para-hydroxylation sites is 3. The Hall–Kier alpha value is -14.7. The molecule has 6 heterocycles. The quantitative estimate of drug-likeness (QED) is 0.0989. The van der Waals surface area contributed by atoms with Crippen molar-refractivity contribution in [3.8, 4) is 168 Å². The van der Waals surface area contributed by atoms with Gasteiger partial charge in [-0.3, -0.25) is 15.0 Å². The highest BCUT2D eigenvalue weighted by molar-refractivity contribution is 5.98. The van der Waals surface area contributed by atoms with Gasteiger partial charge in [0.15, 0.2) is 17.5 Å². The maximum atomic E-state index is 5.11. The molecule has 0 aliphatic rings. The van der Waals surface area contributed by atoms with Gasteiger partial charge in [0.1, 0.15) is 0 Å². The Morgan fingerprint density at radius 3 is 0.630 bits per heavy atom. The van der Waals surface area contributed by atoms with Crippen LogP contribution in [0.5, 0.6) is 0 Å². The number of nitrogens with zero attached hydrogens (tertiary/aromatic N) is 9. The molecular formula is C99H63N9. The maximum Gasteiger partial charge on any atom is 0.161 e. The van der Waals surface area contributed by atoms with E-state index in [-0.39, 0.29) is 0 Å². The standard InChI is InChI=1S/C99H63N9/c1-4-22-70(23-5-1)94-85-34-16-19-37-91(85)103-97(106-94)73-52-55-88(100-61-73)67-46-40-64(41-47-67)79-28-10-13-31-82(79)76-58-77(83-32-14-11-29-80(83)65-42-48-68(49-43-65)89-56-53-74(62-101-89)98-104-92-38-20-17-35-86(92)95(107-98)71-24-6-2-7-25-71)60-78(59-76)84-33-15-12-30-81(84)66-44-50-69(51-45-66)90-57-54-75(63-102-90)99-105-93-39-21-18-36-87(93)96(108-99)72-26-8-3-9-27-72/h1-63H. The molecule has 19 rings (SSSR count). The van der Waals surface area contributed by atoms with Gasteiger partial charge in [-0.1, -0.05) is 291 Å². The van der Waals surface area contributed by atoms with Crippen LogP contribution < -0.4 is 0 Å². The monoisotopic (exact) mass is 1380 g/mol. The van der Waals surface area contributed by atoms with Crippen LogP contribution in [0.1, 0.15) is 0 Å². The van der Waals surface area contributed by atoms with Crippen molar-refractivity contribution < 1.29 is 0 Å². The molecule has 19 aromatic rings. The molecule has 6 aromatic heterocycles. The third-order valence-corrected chi connectivity index (χ3v) is 20.1. The Morgan fingerprint density at radius 1 is 0.148 bits per heavy atom. The molecule has 13 aromatic carbocycles. The summed E-state index contributed by atoms with van der Waals surface area (Å²) >= 11 is 0. The van der Waals surface area contributed by atoms with E-state index < -0.39 is 0 Å². The molecule has 504 valence electrons. The molecule has 0 saturated heterocycles. The van der Waals surface area contributed by atoms with Gasteiger partial charge in [-0.25, -0.2) is 29.9 Å². The number of aromatic nitrogens is 9. The van der Waals surface area contributed by atoms with Crippen molar-refractivity contribution in [1.29, 1.82) is 0 Å². The van der Waals surface area contributed by atoms with Crippen LogP contribution in [0.3, 0.4) is 0 Å². The van der Waals surface area contributed by atoms with Gasteiger partial charge in [0.25, 0.3) is 0 Å². The van der Waals surface area contributed by atoms with Crippen molar-refractivity contribution in [2.75, 3.05) is 0 Å². The zero-order valence-corrected chi connectivity index (χ0v) is 58.4. The molecule has 9 heteroatoms. The van der Waals surface area contributed by atoms with Crippen LogP contribution in [0.15, 0.2) is 383 Å². The Kier molecular flexibility index (Phi) is 16.7. The molecule has 0 aliphatic carbocycles. The van der Waals surface area contributed by atoms with Crippen LogP contribution >= 0.6 is 0 Å². The third-order valence-electron chi connectivity index (χ3n) is 20.1. The largest absolute Gasteiger partial charge is 0.255 e. The van der Waals surface area contributed by atoms with Gasteiger partial charge >= 0.3 is 0 Å². The molecule has 0 radical (unpaired) electrons. The summed E-state index contributed by atoms with van der Waals surface area (Å²) in [6.07, 6.45) is 5.64. The van der Waals surface area contributed by atoms with E-state index in [0.717, 1.165) is 184 Å². The number of hydrogen-bond acceptors (Lipinski definition) is 9. The van der Waals surface area contributed by atoms with Gasteiger partial charge in [-0.15, -0.1) is 0 Å². The Labute approximate surface area is 624 Å². The first-order chi connectivity index (χ1) is 53.5. The van der Waals surface area contributed by atoms with Crippen molar-refractivity contribution in [3.05, 3.63) is 383 Å². The van der Waals surface area contributed by atoms with Crippen LogP contribution in [-0.4, -0.2) is 44.9 Å². The number of rotatable bonds is 15. The fraction of sp³-hybridized carbons (Fsp3) is 0. The molecule has 0 aliphatic heterocycles. The lowest BCUT2D eigenvalue weighted by Crippen LogP contribution is -1.96. The second kappa shape index (κ2) is 28.2. The van der Waals surface area contributed by atoms with Crippen LogP contribution in [-0.2, 0) is 0 Å². The fourth-order valence-corrected chi connectivity index (χ4v) is 14.7. The smallest absolute Gasteiger partial charge is 0.161 e. The lowest BCUT2D eigenvalue weighted by atomic mass is 9.86. The van der Waals surface area contributed by atoms with Crippen molar-refractivity contribution in [2.45, 2.75) is 0 Å². The third kappa shape index (κ3) is 12.6. The molecule has 0 N–H and O–H groups in total. The Morgan fingerprint density at radius 2 is 0.370 bits per heavy atom. The van der Waals surface area contributed by atoms with Gasteiger partial charge in [0, 0.05) is 84.8 Å². The van der Waals surface area contributed by atoms with Gasteiger partial charge in [0.05, 0.1) is 50.7 Å². The van der Waals surface area contributed by atoms with E-state index in [1.54, 1.807) is 0 Å². The minimum absolute atomic E-state index is 0.633. The first-order valence-corrected chi connectivity index (χ1v) is 36.1. The van der Waals surface area contributed by atoms with Crippen molar-refractivity contribution in [3.63, 3.8) is 0 Å². The van der Waals surface area contributed by atoms with Crippen molar-refractivity contribution in [2.24, 2.45) is 0 Å². The van der Waals surface area contributed by atoms with Crippen molar-refractivity contribution >= 4 is 32.7 Å². The summed E-state index contributed by atoms with van der Waals surface area (Å²) in [5.41, 5.74) is 29.7. The number of hydrogen-bond donors (Lipinski definition) is 0. The van der Waals surface area contributed by atoms with Crippen LogP contribution in [0, 0.1) is 0 Å². The van der Waals surface area contributed by atoms with Gasteiger partial charge < -0.3 is 0 Å². The molecule has 0 saturated carbocycles. The average Bonchev–Trinajstić information content (AvgIpc) is 0.814. The molecule has 0 bridgehead atoms. The summed E-state index contributed by atoms with van der Waals surface area (Å²) in [5.74, 6) is 1.90. The molecule has 9 nitrogen and oxygen atoms in total. The van der Waals surface area contributed by atoms with E-state index in [1.807, 2.05) is 128 Å². The minimum Gasteiger partial charge on any atom is -0.255 e. The van der Waals surface area contributed by atoms with Crippen LogP contribution in [0.25, 0.3) is 201 Å². The summed E-state index contributed by atoms with van der Waals surface area (Å²) in [4.78, 5) is 45.4. The number of fused-ring (bicyclic) bond motifs is 3. The zero-order chi connectivity index (χ0) is 71.7. The molecular weight excluding hydrogens is 1320 g/mol. The molecule has 0 unspecified atom stereocenters. The topological polar surface area (TPSA) is 116 Å². The van der Waals surface area contributed by atoms with E-state index in [0.29, 0.717) is 17.5 Å². The van der Waals surface area contributed by atoms with E-state index in [4.69, 9.17) is 44.9 Å². The number of benzene rings is 13. The highest BCUT2D eigenvalue weighted by Gasteiger charge is 2.20. The fourth-order valence-electron chi connectivity index (χ4n) is 14.7. The second-order valence-electron chi connectivity index (χ2n) is 26.8. The second-order valence-corrected chi connectivity index (χ2v) is 26.8. The summed E-state index contributed by atoms with van der Waals surface area (Å²) in [6, 6.07) is 127. The van der Waals surface area contributed by atoms with E-state index in [1.165, 1.54) is 0 Å². The number of pyridine rings is 3. The van der Waals surface area contributed by atoms with Gasteiger partial charge in [0.2, 0.25) is 0 Å². The minimum atomic E-state index is 0.633. The van der Waals surface area contributed by atoms with E-state index in [2.05, 4.69) is 255 Å². The van der Waals surface area contributed by atoms with Crippen LogP contribution in [0.4, 0.5) is 0 Å². The highest BCUT2D eigenvalue weighted by atomic mass is 14.9. The van der Waals surface area contributed by atoms with Gasteiger partial charge in [-0.2, -0.15) is 0 Å². The maximum absolute atomic E-state index is 5.11. The Bertz CT molecular complexity index is 5890.